The second-order valence-corrected chi connectivity index (χ2v) is 9.09. The summed E-state index contributed by atoms with van der Waals surface area (Å²) < 4.78 is 6.85. The summed E-state index contributed by atoms with van der Waals surface area (Å²) in [4.78, 5) is 23.6. The van der Waals surface area contributed by atoms with Gasteiger partial charge in [-0.2, -0.15) is 0 Å². The Morgan fingerprint density at radius 3 is 3.03 bits per heavy atom. The summed E-state index contributed by atoms with van der Waals surface area (Å²) in [6.45, 7) is 1.50. The summed E-state index contributed by atoms with van der Waals surface area (Å²) in [5, 5.41) is 9.59. The Labute approximate surface area is 181 Å². The van der Waals surface area contributed by atoms with Gasteiger partial charge in [0.1, 0.15) is 0 Å². The topological polar surface area (TPSA) is 85.0 Å². The highest BCUT2D eigenvalue weighted by Gasteiger charge is 2.27. The molecule has 0 radical (unpaired) electrons. The SMILES string of the molecule is O=C(CSc1nnc(-c2cccnc2)o1)N1CCCC(c2nc3ccccc3s2)C1. The normalized spacial score (nSPS) is 16.8. The molecule has 152 valence electrons. The highest BCUT2D eigenvalue weighted by Crippen LogP contribution is 2.33. The number of para-hydroxylation sites is 1. The standard InChI is InChI=1S/C21H19N5O2S2/c27-18(13-29-21-25-24-19(28-21)14-5-3-9-22-11-14)26-10-4-6-15(12-26)20-23-16-7-1-2-8-17(16)30-20/h1-3,5,7-9,11,15H,4,6,10,12-13H2. The highest BCUT2D eigenvalue weighted by atomic mass is 32.2. The number of hydrogen-bond donors (Lipinski definition) is 0. The first-order valence-electron chi connectivity index (χ1n) is 9.76. The molecule has 4 heterocycles. The van der Waals surface area contributed by atoms with E-state index in [0.29, 0.717) is 23.6 Å². The molecule has 0 spiro atoms. The second-order valence-electron chi connectivity index (χ2n) is 7.10. The van der Waals surface area contributed by atoms with E-state index in [4.69, 9.17) is 9.40 Å². The summed E-state index contributed by atoms with van der Waals surface area (Å²) in [7, 11) is 0. The third kappa shape index (κ3) is 4.08. The van der Waals surface area contributed by atoms with Crippen LogP contribution < -0.4 is 0 Å². The average molecular weight is 438 g/mol. The van der Waals surface area contributed by atoms with E-state index >= 15 is 0 Å². The Morgan fingerprint density at radius 1 is 1.23 bits per heavy atom. The fraction of sp³-hybridized carbons (Fsp3) is 0.286. The zero-order valence-electron chi connectivity index (χ0n) is 16.1. The van der Waals surface area contributed by atoms with Gasteiger partial charge in [0.05, 0.1) is 26.5 Å². The molecular formula is C21H19N5O2S2. The first-order chi connectivity index (χ1) is 14.8. The van der Waals surface area contributed by atoms with Crippen LogP contribution in [0.1, 0.15) is 23.8 Å². The van der Waals surface area contributed by atoms with Gasteiger partial charge >= 0.3 is 0 Å². The molecule has 1 aliphatic heterocycles. The number of piperidine rings is 1. The minimum absolute atomic E-state index is 0.0898. The van der Waals surface area contributed by atoms with E-state index in [9.17, 15) is 4.79 Å². The number of benzene rings is 1. The Kier molecular flexibility index (Phi) is 5.46. The molecule has 1 unspecified atom stereocenters. The smallest absolute Gasteiger partial charge is 0.277 e. The van der Waals surface area contributed by atoms with E-state index in [1.807, 2.05) is 35.2 Å². The minimum atomic E-state index is 0.0898. The van der Waals surface area contributed by atoms with Crippen LogP contribution in [0.3, 0.4) is 0 Å². The van der Waals surface area contributed by atoms with Crippen molar-refractivity contribution in [2.24, 2.45) is 0 Å². The number of pyridine rings is 1. The van der Waals surface area contributed by atoms with Gasteiger partial charge in [-0.1, -0.05) is 23.9 Å². The molecule has 1 fully saturated rings. The van der Waals surface area contributed by atoms with E-state index in [2.05, 4.69) is 21.2 Å². The quantitative estimate of drug-likeness (QED) is 0.432. The van der Waals surface area contributed by atoms with Crippen LogP contribution in [0.25, 0.3) is 21.7 Å². The number of aromatic nitrogens is 4. The molecule has 30 heavy (non-hydrogen) atoms. The molecule has 0 bridgehead atoms. The molecule has 5 rings (SSSR count). The molecule has 3 aromatic heterocycles. The third-order valence-electron chi connectivity index (χ3n) is 5.07. The average Bonchev–Trinajstić information content (AvgIpc) is 3.45. The second kappa shape index (κ2) is 8.53. The van der Waals surface area contributed by atoms with Crippen LogP contribution in [0.2, 0.25) is 0 Å². The van der Waals surface area contributed by atoms with Crippen molar-refractivity contribution in [2.75, 3.05) is 18.8 Å². The lowest BCUT2D eigenvalue weighted by molar-refractivity contribution is -0.129. The minimum Gasteiger partial charge on any atom is -0.411 e. The van der Waals surface area contributed by atoms with E-state index in [0.717, 1.165) is 35.5 Å². The molecule has 0 aliphatic carbocycles. The first-order valence-corrected chi connectivity index (χ1v) is 11.6. The van der Waals surface area contributed by atoms with Crippen LogP contribution in [0, 0.1) is 0 Å². The molecule has 0 saturated carbocycles. The zero-order chi connectivity index (χ0) is 20.3. The van der Waals surface area contributed by atoms with Crippen LogP contribution in [-0.2, 0) is 4.79 Å². The van der Waals surface area contributed by atoms with Gasteiger partial charge in [0, 0.05) is 31.4 Å². The number of amides is 1. The molecule has 1 saturated heterocycles. The maximum atomic E-state index is 12.8. The van der Waals surface area contributed by atoms with Crippen molar-refractivity contribution < 1.29 is 9.21 Å². The summed E-state index contributed by atoms with van der Waals surface area (Å²) in [5.41, 5.74) is 1.80. The lowest BCUT2D eigenvalue weighted by Gasteiger charge is -2.31. The van der Waals surface area contributed by atoms with E-state index in [-0.39, 0.29) is 11.7 Å². The van der Waals surface area contributed by atoms with E-state index in [1.165, 1.54) is 16.5 Å². The number of carbonyl (C=O) groups excluding carboxylic acids is 1. The molecule has 1 aromatic carbocycles. The molecule has 1 amide bonds. The summed E-state index contributed by atoms with van der Waals surface area (Å²) in [5.74, 6) is 1.07. The molecule has 1 aliphatic rings. The molecule has 7 nitrogen and oxygen atoms in total. The Hall–Kier alpha value is -2.78. The van der Waals surface area contributed by atoms with Gasteiger partial charge in [0.25, 0.3) is 5.22 Å². The lowest BCUT2D eigenvalue weighted by Crippen LogP contribution is -2.40. The number of hydrogen-bond acceptors (Lipinski definition) is 8. The maximum absolute atomic E-state index is 12.8. The van der Waals surface area contributed by atoms with Crippen molar-refractivity contribution in [1.29, 1.82) is 0 Å². The maximum Gasteiger partial charge on any atom is 0.277 e. The number of nitrogens with zero attached hydrogens (tertiary/aromatic N) is 5. The summed E-state index contributed by atoms with van der Waals surface area (Å²) >= 11 is 3.01. The van der Waals surface area contributed by atoms with Gasteiger partial charge < -0.3 is 9.32 Å². The lowest BCUT2D eigenvalue weighted by atomic mass is 9.99. The van der Waals surface area contributed by atoms with Crippen LogP contribution in [0.15, 0.2) is 58.4 Å². The number of rotatable bonds is 5. The van der Waals surface area contributed by atoms with E-state index < -0.39 is 0 Å². The van der Waals surface area contributed by atoms with Crippen LogP contribution in [0.5, 0.6) is 0 Å². The monoisotopic (exact) mass is 437 g/mol. The fourth-order valence-corrected chi connectivity index (χ4v) is 5.32. The highest BCUT2D eigenvalue weighted by molar-refractivity contribution is 7.99. The van der Waals surface area contributed by atoms with Crippen molar-refractivity contribution in [1.82, 2.24) is 25.1 Å². The van der Waals surface area contributed by atoms with Gasteiger partial charge in [-0.3, -0.25) is 9.78 Å². The predicted molar refractivity (Wildman–Crippen MR) is 116 cm³/mol. The number of fused-ring (bicyclic) bond motifs is 1. The largest absolute Gasteiger partial charge is 0.411 e. The van der Waals surface area contributed by atoms with Gasteiger partial charge in [0.2, 0.25) is 11.8 Å². The van der Waals surface area contributed by atoms with E-state index in [1.54, 1.807) is 23.7 Å². The van der Waals surface area contributed by atoms with Gasteiger partial charge in [0.15, 0.2) is 0 Å². The number of thioether (sulfide) groups is 1. The van der Waals surface area contributed by atoms with Gasteiger partial charge in [-0.15, -0.1) is 21.5 Å². The number of thiazole rings is 1. The van der Waals surface area contributed by atoms with Crippen molar-refractivity contribution >= 4 is 39.2 Å². The van der Waals surface area contributed by atoms with Crippen molar-refractivity contribution in [3.63, 3.8) is 0 Å². The fourth-order valence-electron chi connectivity index (χ4n) is 3.56. The van der Waals surface area contributed by atoms with Crippen molar-refractivity contribution in [3.05, 3.63) is 53.8 Å². The van der Waals surface area contributed by atoms with Crippen LogP contribution in [-0.4, -0.2) is 49.8 Å². The Morgan fingerprint density at radius 2 is 2.17 bits per heavy atom. The molecule has 0 N–H and O–H groups in total. The molecule has 9 heteroatoms. The zero-order valence-corrected chi connectivity index (χ0v) is 17.7. The first kappa shape index (κ1) is 19.2. The van der Waals surface area contributed by atoms with Gasteiger partial charge in [-0.25, -0.2) is 4.98 Å². The molecule has 4 aromatic rings. The predicted octanol–water partition coefficient (Wildman–Crippen LogP) is 4.24. The van der Waals surface area contributed by atoms with Crippen LogP contribution >= 0.6 is 23.1 Å². The summed E-state index contributed by atoms with van der Waals surface area (Å²) in [6.07, 6.45) is 5.41. The summed E-state index contributed by atoms with van der Waals surface area (Å²) in [6, 6.07) is 11.9. The Balaban J connectivity index is 1.20. The van der Waals surface area contributed by atoms with Crippen LogP contribution in [0.4, 0.5) is 0 Å². The third-order valence-corrected chi connectivity index (χ3v) is 7.07. The molecule has 1 atom stereocenters. The molecular weight excluding hydrogens is 418 g/mol. The number of likely N-dealkylation sites (tertiary alicyclic amines) is 1. The van der Waals surface area contributed by atoms with Gasteiger partial charge in [-0.05, 0) is 37.1 Å². The van der Waals surface area contributed by atoms with Crippen molar-refractivity contribution in [3.8, 4) is 11.5 Å². The number of carbonyl (C=O) groups is 1. The van der Waals surface area contributed by atoms with Crippen molar-refractivity contribution in [2.45, 2.75) is 24.0 Å². The Bertz CT molecular complexity index is 1130.